The van der Waals surface area contributed by atoms with Crippen molar-refractivity contribution in [3.8, 4) is 0 Å². The number of hydrogen-bond donors (Lipinski definition) is 0. The van der Waals surface area contributed by atoms with Crippen molar-refractivity contribution in [1.82, 2.24) is 0 Å². The minimum absolute atomic E-state index is 0.0000661. The molecule has 0 fully saturated rings. The minimum Gasteiger partial charge on any atom is -0.371 e. The van der Waals surface area contributed by atoms with E-state index < -0.39 is 19.7 Å². The molecule has 21 heavy (non-hydrogen) atoms. The van der Waals surface area contributed by atoms with Gasteiger partial charge in [0.1, 0.15) is 0 Å². The Morgan fingerprint density at radius 2 is 1.71 bits per heavy atom. The van der Waals surface area contributed by atoms with Crippen LogP contribution in [0.4, 0.5) is 5.69 Å². The van der Waals surface area contributed by atoms with Crippen molar-refractivity contribution in [2.75, 3.05) is 36.4 Å². The first-order valence-electron chi connectivity index (χ1n) is 6.46. The van der Waals surface area contributed by atoms with Gasteiger partial charge in [-0.15, -0.1) is 11.6 Å². The van der Waals surface area contributed by atoms with Crippen molar-refractivity contribution in [2.24, 2.45) is 0 Å². The van der Waals surface area contributed by atoms with Crippen LogP contribution >= 0.6 is 11.6 Å². The van der Waals surface area contributed by atoms with Crippen LogP contribution in [0.1, 0.15) is 13.3 Å². The fraction of sp³-hybridized carbons (Fsp3) is 0.538. The molecule has 1 rings (SSSR count). The molecule has 0 unspecified atom stereocenters. The van der Waals surface area contributed by atoms with Crippen molar-refractivity contribution >= 4 is 37.0 Å². The van der Waals surface area contributed by atoms with Crippen molar-refractivity contribution in [3.05, 3.63) is 18.2 Å². The van der Waals surface area contributed by atoms with Gasteiger partial charge in [0.05, 0.1) is 15.5 Å². The Kier molecular flexibility index (Phi) is 6.07. The molecule has 0 atom stereocenters. The molecule has 5 nitrogen and oxygen atoms in total. The van der Waals surface area contributed by atoms with Crippen molar-refractivity contribution in [2.45, 2.75) is 23.1 Å². The van der Waals surface area contributed by atoms with Gasteiger partial charge in [-0.05, 0) is 31.5 Å². The summed E-state index contributed by atoms with van der Waals surface area (Å²) in [6.07, 6.45) is 2.85. The zero-order chi connectivity index (χ0) is 16.3. The van der Waals surface area contributed by atoms with E-state index in [1.54, 1.807) is 6.07 Å². The van der Waals surface area contributed by atoms with E-state index in [-0.39, 0.29) is 9.79 Å². The summed E-state index contributed by atoms with van der Waals surface area (Å²) in [5, 5.41) is 0. The number of hydrogen-bond acceptors (Lipinski definition) is 5. The van der Waals surface area contributed by atoms with E-state index in [1.807, 2.05) is 11.8 Å². The molecule has 0 spiro atoms. The fourth-order valence-corrected chi connectivity index (χ4v) is 3.74. The van der Waals surface area contributed by atoms with Crippen LogP contribution in [0.3, 0.4) is 0 Å². The molecule has 0 heterocycles. The number of alkyl halides is 1. The Balaban J connectivity index is 3.45. The standard InChI is InChI=1S/C13H20ClNO4S2/c1-4-15(9-5-8-14)12-7-6-11(20(2,16)17)10-13(12)21(3,18)19/h6-7,10H,4-5,8-9H2,1-3H3. The Hall–Kier alpha value is -0.790. The zero-order valence-electron chi connectivity index (χ0n) is 12.3. The summed E-state index contributed by atoms with van der Waals surface area (Å²) >= 11 is 5.68. The van der Waals surface area contributed by atoms with Crippen molar-refractivity contribution < 1.29 is 16.8 Å². The molecule has 0 aliphatic heterocycles. The lowest BCUT2D eigenvalue weighted by molar-refractivity contribution is 0.599. The van der Waals surface area contributed by atoms with Gasteiger partial charge in [-0.25, -0.2) is 16.8 Å². The monoisotopic (exact) mass is 353 g/mol. The summed E-state index contributed by atoms with van der Waals surface area (Å²) in [4.78, 5) is 1.91. The van der Waals surface area contributed by atoms with Crippen LogP contribution in [0.15, 0.2) is 28.0 Å². The molecule has 8 heteroatoms. The number of anilines is 1. The van der Waals surface area contributed by atoms with Crippen molar-refractivity contribution in [1.29, 1.82) is 0 Å². The molecular formula is C13H20ClNO4S2. The summed E-state index contributed by atoms with van der Waals surface area (Å²) < 4.78 is 47.2. The lowest BCUT2D eigenvalue weighted by atomic mass is 10.2. The zero-order valence-corrected chi connectivity index (χ0v) is 14.7. The third-order valence-electron chi connectivity index (χ3n) is 3.04. The Morgan fingerprint density at radius 3 is 2.14 bits per heavy atom. The first kappa shape index (κ1) is 18.3. The maximum atomic E-state index is 12.0. The lowest BCUT2D eigenvalue weighted by Gasteiger charge is -2.25. The van der Waals surface area contributed by atoms with E-state index in [1.165, 1.54) is 12.1 Å². The van der Waals surface area contributed by atoms with Gasteiger partial charge >= 0.3 is 0 Å². The molecule has 0 N–H and O–H groups in total. The van der Waals surface area contributed by atoms with Crippen molar-refractivity contribution in [3.63, 3.8) is 0 Å². The van der Waals surface area contributed by atoms with Crippen LogP contribution in [0, 0.1) is 0 Å². The van der Waals surface area contributed by atoms with Crippen LogP contribution in [0.5, 0.6) is 0 Å². The molecular weight excluding hydrogens is 334 g/mol. The summed E-state index contributed by atoms with van der Waals surface area (Å²) in [5.41, 5.74) is 0.512. The largest absolute Gasteiger partial charge is 0.371 e. The van der Waals surface area contributed by atoms with E-state index in [9.17, 15) is 16.8 Å². The first-order valence-corrected chi connectivity index (χ1v) is 10.8. The normalized spacial score (nSPS) is 12.4. The highest BCUT2D eigenvalue weighted by molar-refractivity contribution is 7.91. The second-order valence-corrected chi connectivity index (χ2v) is 9.17. The van der Waals surface area contributed by atoms with Crippen LogP contribution in [-0.4, -0.2) is 48.3 Å². The summed E-state index contributed by atoms with van der Waals surface area (Å²) in [5.74, 6) is 0.478. The summed E-state index contributed by atoms with van der Waals surface area (Å²) in [6, 6.07) is 4.20. The molecule has 0 aliphatic rings. The van der Waals surface area contributed by atoms with Crippen LogP contribution in [0.2, 0.25) is 0 Å². The quantitative estimate of drug-likeness (QED) is 0.700. The van der Waals surface area contributed by atoms with Gasteiger partial charge in [-0.2, -0.15) is 0 Å². The molecule has 0 radical (unpaired) electrons. The van der Waals surface area contributed by atoms with Crippen LogP contribution < -0.4 is 4.90 Å². The third-order valence-corrected chi connectivity index (χ3v) is 5.55. The summed E-state index contributed by atoms with van der Waals surface area (Å²) in [7, 11) is -6.99. The van der Waals surface area contributed by atoms with E-state index in [2.05, 4.69) is 0 Å². The Bertz CT molecular complexity index is 699. The topological polar surface area (TPSA) is 71.5 Å². The predicted octanol–water partition coefficient (Wildman–Crippen LogP) is 1.95. The first-order chi connectivity index (χ1) is 9.61. The minimum atomic E-state index is -3.54. The van der Waals surface area contributed by atoms with Crippen LogP contribution in [0.25, 0.3) is 0 Å². The Morgan fingerprint density at radius 1 is 1.10 bits per heavy atom. The molecule has 1 aromatic carbocycles. The highest BCUT2D eigenvalue weighted by atomic mass is 35.5. The SMILES string of the molecule is CCN(CCCCl)c1ccc(S(C)(=O)=O)cc1S(C)(=O)=O. The third kappa shape index (κ3) is 4.86. The highest BCUT2D eigenvalue weighted by Gasteiger charge is 2.20. The van der Waals surface area contributed by atoms with E-state index in [4.69, 9.17) is 11.6 Å². The van der Waals surface area contributed by atoms with Gasteiger partial charge in [0.2, 0.25) is 0 Å². The van der Waals surface area contributed by atoms with Gasteiger partial charge in [0.15, 0.2) is 19.7 Å². The maximum absolute atomic E-state index is 12.0. The van der Waals surface area contributed by atoms with E-state index in [0.717, 1.165) is 12.5 Å². The molecule has 0 amide bonds. The molecule has 0 bridgehead atoms. The van der Waals surface area contributed by atoms with Gasteiger partial charge in [0.25, 0.3) is 0 Å². The van der Waals surface area contributed by atoms with Gasteiger partial charge in [-0.3, -0.25) is 0 Å². The second kappa shape index (κ2) is 6.98. The predicted molar refractivity (Wildman–Crippen MR) is 85.9 cm³/mol. The Labute approximate surface area is 131 Å². The number of rotatable bonds is 7. The lowest BCUT2D eigenvalue weighted by Crippen LogP contribution is -2.26. The second-order valence-electron chi connectivity index (χ2n) is 4.80. The summed E-state index contributed by atoms with van der Waals surface area (Å²) in [6.45, 7) is 3.13. The van der Waals surface area contributed by atoms with E-state index in [0.29, 0.717) is 31.1 Å². The number of sulfone groups is 2. The molecule has 0 saturated carbocycles. The smallest absolute Gasteiger partial charge is 0.177 e. The van der Waals surface area contributed by atoms with Crippen LogP contribution in [-0.2, 0) is 19.7 Å². The van der Waals surface area contributed by atoms with Gasteiger partial charge in [-0.1, -0.05) is 0 Å². The molecule has 1 aromatic rings. The number of nitrogens with zero attached hydrogens (tertiary/aromatic N) is 1. The number of halogens is 1. The fourth-order valence-electron chi connectivity index (χ4n) is 1.98. The molecule has 0 saturated heterocycles. The average Bonchev–Trinajstić information content (AvgIpc) is 2.37. The molecule has 0 aromatic heterocycles. The molecule has 0 aliphatic carbocycles. The highest BCUT2D eigenvalue weighted by Crippen LogP contribution is 2.28. The maximum Gasteiger partial charge on any atom is 0.177 e. The van der Waals surface area contributed by atoms with E-state index >= 15 is 0 Å². The van der Waals surface area contributed by atoms with Gasteiger partial charge in [0, 0.05) is 31.5 Å². The number of benzene rings is 1. The van der Waals surface area contributed by atoms with Gasteiger partial charge < -0.3 is 4.90 Å². The molecule has 120 valence electrons. The average molecular weight is 354 g/mol.